The number of nitrogens with one attached hydrogen (secondary N) is 1. The molecule has 0 unspecified atom stereocenters. The Balaban J connectivity index is 2.00. The van der Waals surface area contributed by atoms with Crippen LogP contribution in [0.2, 0.25) is 0 Å². The van der Waals surface area contributed by atoms with Crippen LogP contribution in [0.5, 0.6) is 17.2 Å². The van der Waals surface area contributed by atoms with Gasteiger partial charge in [-0.15, -0.1) is 0 Å². The van der Waals surface area contributed by atoms with E-state index in [1.165, 1.54) is 6.92 Å². The zero-order valence-electron chi connectivity index (χ0n) is 17.6. The second kappa shape index (κ2) is 10.7. The number of ether oxygens (including phenoxy) is 3. The molecule has 2 rings (SSSR count). The van der Waals surface area contributed by atoms with Gasteiger partial charge in [0.25, 0.3) is 0 Å². The fraction of sp³-hybridized carbons (Fsp3) is 0.381. The predicted octanol–water partition coefficient (Wildman–Crippen LogP) is 2.44. The van der Waals surface area contributed by atoms with Crippen molar-refractivity contribution >= 4 is 21.6 Å². The largest absolute Gasteiger partial charge is 0.494 e. The van der Waals surface area contributed by atoms with Crippen molar-refractivity contribution in [1.82, 2.24) is 5.32 Å². The molecule has 0 heterocycles. The van der Waals surface area contributed by atoms with Crippen molar-refractivity contribution in [2.75, 3.05) is 37.4 Å². The second-order valence-electron chi connectivity index (χ2n) is 6.45. The van der Waals surface area contributed by atoms with E-state index in [2.05, 4.69) is 5.32 Å². The fourth-order valence-corrected chi connectivity index (χ4v) is 4.06. The number of para-hydroxylation sites is 2. The van der Waals surface area contributed by atoms with Crippen LogP contribution in [0.4, 0.5) is 5.69 Å². The van der Waals surface area contributed by atoms with E-state index in [4.69, 9.17) is 14.2 Å². The van der Waals surface area contributed by atoms with E-state index in [1.807, 2.05) is 19.1 Å². The van der Waals surface area contributed by atoms with Crippen LogP contribution in [-0.2, 0) is 14.8 Å². The normalized spacial score (nSPS) is 12.0. The number of methoxy groups -OCH3 is 1. The summed E-state index contributed by atoms with van der Waals surface area (Å²) in [6.45, 7) is 4.32. The number of carbonyl (C=O) groups excluding carboxylic acids is 1. The highest BCUT2D eigenvalue weighted by Crippen LogP contribution is 2.26. The van der Waals surface area contributed by atoms with Crippen molar-refractivity contribution in [2.24, 2.45) is 0 Å². The van der Waals surface area contributed by atoms with Crippen LogP contribution in [0.15, 0.2) is 48.5 Å². The van der Waals surface area contributed by atoms with Gasteiger partial charge in [-0.05, 0) is 50.2 Å². The summed E-state index contributed by atoms with van der Waals surface area (Å²) in [4.78, 5) is 12.6. The third kappa shape index (κ3) is 6.28. The first-order valence-electron chi connectivity index (χ1n) is 9.53. The number of hydrogen-bond acceptors (Lipinski definition) is 6. The van der Waals surface area contributed by atoms with Gasteiger partial charge in [-0.2, -0.15) is 0 Å². The van der Waals surface area contributed by atoms with Crippen LogP contribution in [-0.4, -0.2) is 53.5 Å². The number of benzene rings is 2. The molecule has 0 aliphatic heterocycles. The molecule has 2 aromatic rings. The first-order chi connectivity index (χ1) is 14.3. The summed E-state index contributed by atoms with van der Waals surface area (Å²) in [5, 5.41) is 2.71. The van der Waals surface area contributed by atoms with Crippen LogP contribution in [0.25, 0.3) is 0 Å². The average Bonchev–Trinajstić information content (AvgIpc) is 2.72. The Morgan fingerprint density at radius 2 is 1.70 bits per heavy atom. The van der Waals surface area contributed by atoms with Crippen LogP contribution < -0.4 is 23.8 Å². The van der Waals surface area contributed by atoms with E-state index in [9.17, 15) is 13.2 Å². The summed E-state index contributed by atoms with van der Waals surface area (Å²) >= 11 is 0. The molecule has 0 bridgehead atoms. The lowest BCUT2D eigenvalue weighted by atomic mass is 10.2. The van der Waals surface area contributed by atoms with Gasteiger partial charge >= 0.3 is 0 Å². The van der Waals surface area contributed by atoms with E-state index in [0.717, 1.165) is 10.6 Å². The molecule has 0 aliphatic rings. The topological polar surface area (TPSA) is 94.2 Å². The van der Waals surface area contributed by atoms with E-state index in [-0.39, 0.29) is 13.2 Å². The van der Waals surface area contributed by atoms with Crippen molar-refractivity contribution in [3.8, 4) is 17.2 Å². The van der Waals surface area contributed by atoms with Gasteiger partial charge in [-0.3, -0.25) is 9.10 Å². The van der Waals surface area contributed by atoms with E-state index in [0.29, 0.717) is 29.5 Å². The minimum Gasteiger partial charge on any atom is -0.494 e. The average molecular weight is 437 g/mol. The molecule has 0 aromatic heterocycles. The Hall–Kier alpha value is -2.94. The van der Waals surface area contributed by atoms with Crippen molar-refractivity contribution in [1.29, 1.82) is 0 Å². The van der Waals surface area contributed by atoms with Gasteiger partial charge in [-0.1, -0.05) is 12.1 Å². The Morgan fingerprint density at radius 3 is 2.27 bits per heavy atom. The zero-order valence-corrected chi connectivity index (χ0v) is 18.4. The van der Waals surface area contributed by atoms with Crippen molar-refractivity contribution in [3.63, 3.8) is 0 Å². The lowest BCUT2D eigenvalue weighted by molar-refractivity contribution is -0.121. The third-order valence-electron chi connectivity index (χ3n) is 4.22. The molecule has 8 nitrogen and oxygen atoms in total. The molecule has 0 fully saturated rings. The van der Waals surface area contributed by atoms with Gasteiger partial charge in [0.05, 0.1) is 32.2 Å². The Kier molecular flexibility index (Phi) is 8.35. The number of rotatable bonds is 11. The van der Waals surface area contributed by atoms with Crippen LogP contribution in [0.3, 0.4) is 0 Å². The number of hydrogen-bond donors (Lipinski definition) is 1. The van der Waals surface area contributed by atoms with E-state index >= 15 is 0 Å². The summed E-state index contributed by atoms with van der Waals surface area (Å²) in [6, 6.07) is 12.8. The molecule has 164 valence electrons. The molecule has 1 atom stereocenters. The monoisotopic (exact) mass is 436 g/mol. The summed E-state index contributed by atoms with van der Waals surface area (Å²) in [5.41, 5.74) is 0.383. The van der Waals surface area contributed by atoms with Gasteiger partial charge < -0.3 is 19.5 Å². The number of carbonyl (C=O) groups is 1. The molecule has 0 aliphatic carbocycles. The Morgan fingerprint density at radius 1 is 1.07 bits per heavy atom. The van der Waals surface area contributed by atoms with E-state index in [1.54, 1.807) is 43.5 Å². The SMILES string of the molecule is CCOc1ccc(N([C@@H](C)C(=O)NCCOc2ccccc2OC)S(C)(=O)=O)cc1. The summed E-state index contributed by atoms with van der Waals surface area (Å²) in [5.74, 6) is 1.35. The lowest BCUT2D eigenvalue weighted by Crippen LogP contribution is -2.48. The number of amides is 1. The molecular formula is C21H28N2O6S. The highest BCUT2D eigenvalue weighted by Gasteiger charge is 2.29. The maximum atomic E-state index is 12.6. The number of anilines is 1. The van der Waals surface area contributed by atoms with Crippen LogP contribution in [0, 0.1) is 0 Å². The molecule has 30 heavy (non-hydrogen) atoms. The Labute approximate surface area is 177 Å². The van der Waals surface area contributed by atoms with Crippen molar-refractivity contribution < 1.29 is 27.4 Å². The molecule has 0 spiro atoms. The molecule has 1 amide bonds. The minimum absolute atomic E-state index is 0.209. The molecule has 0 saturated heterocycles. The fourth-order valence-electron chi connectivity index (χ4n) is 2.89. The highest BCUT2D eigenvalue weighted by molar-refractivity contribution is 7.92. The molecular weight excluding hydrogens is 408 g/mol. The van der Waals surface area contributed by atoms with Gasteiger partial charge in [0.15, 0.2) is 11.5 Å². The molecule has 0 saturated carbocycles. The van der Waals surface area contributed by atoms with Gasteiger partial charge in [-0.25, -0.2) is 8.42 Å². The first-order valence-corrected chi connectivity index (χ1v) is 11.4. The maximum absolute atomic E-state index is 12.6. The van der Waals surface area contributed by atoms with Gasteiger partial charge in [0.1, 0.15) is 18.4 Å². The smallest absolute Gasteiger partial charge is 0.243 e. The van der Waals surface area contributed by atoms with Crippen molar-refractivity contribution in [2.45, 2.75) is 19.9 Å². The summed E-state index contributed by atoms with van der Waals surface area (Å²) < 4.78 is 42.0. The minimum atomic E-state index is -3.69. The number of nitrogens with zero attached hydrogens (tertiary/aromatic N) is 1. The number of sulfonamides is 1. The summed E-state index contributed by atoms with van der Waals surface area (Å²) in [7, 11) is -2.14. The highest BCUT2D eigenvalue weighted by atomic mass is 32.2. The van der Waals surface area contributed by atoms with E-state index < -0.39 is 22.0 Å². The zero-order chi connectivity index (χ0) is 22.1. The molecule has 0 radical (unpaired) electrons. The maximum Gasteiger partial charge on any atom is 0.243 e. The Bertz CT molecular complexity index is 931. The predicted molar refractivity (Wildman–Crippen MR) is 116 cm³/mol. The molecule has 9 heteroatoms. The van der Waals surface area contributed by atoms with Crippen LogP contribution in [0.1, 0.15) is 13.8 Å². The standard InChI is InChI=1S/C21H28N2O6S/c1-5-28-18-12-10-17(11-13-18)23(30(4,25)26)16(2)21(24)22-14-15-29-20-9-7-6-8-19(20)27-3/h6-13,16H,5,14-15H2,1-4H3,(H,22,24)/t16-/m0/s1. The third-order valence-corrected chi connectivity index (χ3v) is 5.46. The molecule has 1 N–H and O–H groups in total. The second-order valence-corrected chi connectivity index (χ2v) is 8.31. The quantitative estimate of drug-likeness (QED) is 0.544. The van der Waals surface area contributed by atoms with Crippen LogP contribution >= 0.6 is 0 Å². The molecule has 2 aromatic carbocycles. The van der Waals surface area contributed by atoms with Gasteiger partial charge in [0, 0.05) is 0 Å². The van der Waals surface area contributed by atoms with Crippen molar-refractivity contribution in [3.05, 3.63) is 48.5 Å². The lowest BCUT2D eigenvalue weighted by Gasteiger charge is -2.28. The van der Waals surface area contributed by atoms with Gasteiger partial charge in [0.2, 0.25) is 15.9 Å². The summed E-state index contributed by atoms with van der Waals surface area (Å²) in [6.07, 6.45) is 1.07. The first kappa shape index (κ1) is 23.3.